The molecule has 1 atom stereocenters. The molecule has 0 aromatic rings. The van der Waals surface area contributed by atoms with Crippen LogP contribution in [0.4, 0.5) is 0 Å². The highest BCUT2D eigenvalue weighted by atomic mass is 16.5. The van der Waals surface area contributed by atoms with Gasteiger partial charge >= 0.3 is 5.97 Å². The number of hydrogen-bond donors (Lipinski definition) is 2. The van der Waals surface area contributed by atoms with Crippen molar-refractivity contribution in [1.29, 1.82) is 0 Å². The Morgan fingerprint density at radius 3 is 2.50 bits per heavy atom. The van der Waals surface area contributed by atoms with Gasteiger partial charge in [0.15, 0.2) is 0 Å². The maximum atomic E-state index is 10.4. The second-order valence-corrected chi connectivity index (χ2v) is 3.34. The number of nitrogens with two attached hydrogens (primary N) is 1. The predicted molar refractivity (Wildman–Crippen MR) is 45.9 cm³/mol. The summed E-state index contributed by atoms with van der Waals surface area (Å²) in [7, 11) is 0. The Kier molecular flexibility index (Phi) is 4.20. The van der Waals surface area contributed by atoms with Crippen LogP contribution < -0.4 is 5.73 Å². The fourth-order valence-electron chi connectivity index (χ4n) is 1.07. The van der Waals surface area contributed by atoms with E-state index in [1.807, 2.05) is 20.8 Å². The third-order valence-electron chi connectivity index (χ3n) is 1.56. The standard InChI is InChI=1S/C8H17NO3/c1-4-12-8(2,3)5-6(9)7(10)11/h6H,4-5,9H2,1-3H3,(H,10,11)/t6-/m1/s1. The number of rotatable bonds is 5. The van der Waals surface area contributed by atoms with Crippen LogP contribution in [0.2, 0.25) is 0 Å². The van der Waals surface area contributed by atoms with Gasteiger partial charge in [-0.15, -0.1) is 0 Å². The zero-order valence-electron chi connectivity index (χ0n) is 7.83. The second kappa shape index (κ2) is 4.42. The molecule has 0 amide bonds. The van der Waals surface area contributed by atoms with E-state index in [-0.39, 0.29) is 0 Å². The van der Waals surface area contributed by atoms with Crippen molar-refractivity contribution in [2.75, 3.05) is 6.61 Å². The fraction of sp³-hybridized carbons (Fsp3) is 0.875. The first-order valence-corrected chi connectivity index (χ1v) is 4.01. The van der Waals surface area contributed by atoms with Gasteiger partial charge in [0.2, 0.25) is 0 Å². The van der Waals surface area contributed by atoms with E-state index < -0.39 is 17.6 Å². The second-order valence-electron chi connectivity index (χ2n) is 3.34. The summed E-state index contributed by atoms with van der Waals surface area (Å²) >= 11 is 0. The largest absolute Gasteiger partial charge is 0.480 e. The minimum atomic E-state index is -0.984. The third-order valence-corrected chi connectivity index (χ3v) is 1.56. The van der Waals surface area contributed by atoms with E-state index in [9.17, 15) is 4.79 Å². The Morgan fingerprint density at radius 1 is 1.67 bits per heavy atom. The summed E-state index contributed by atoms with van der Waals surface area (Å²) in [6.45, 7) is 6.10. The van der Waals surface area contributed by atoms with E-state index in [0.717, 1.165) is 0 Å². The smallest absolute Gasteiger partial charge is 0.320 e. The van der Waals surface area contributed by atoms with E-state index in [1.54, 1.807) is 0 Å². The van der Waals surface area contributed by atoms with E-state index in [4.69, 9.17) is 15.6 Å². The SMILES string of the molecule is CCOC(C)(C)C[C@@H](N)C(=O)O. The number of aliphatic carboxylic acids is 1. The monoisotopic (exact) mass is 175 g/mol. The molecule has 0 heterocycles. The Labute approximate surface area is 72.7 Å². The Hall–Kier alpha value is -0.610. The normalized spacial score (nSPS) is 14.3. The molecular formula is C8H17NO3. The van der Waals surface area contributed by atoms with Crippen LogP contribution in [-0.2, 0) is 9.53 Å². The van der Waals surface area contributed by atoms with Crippen molar-refractivity contribution in [3.05, 3.63) is 0 Å². The molecule has 0 aliphatic rings. The lowest BCUT2D eigenvalue weighted by molar-refractivity contribution is -0.140. The predicted octanol–water partition coefficient (Wildman–Crippen LogP) is 0.603. The average molecular weight is 175 g/mol. The molecule has 0 spiro atoms. The van der Waals surface area contributed by atoms with Crippen molar-refractivity contribution < 1.29 is 14.6 Å². The van der Waals surface area contributed by atoms with Crippen LogP contribution in [0.15, 0.2) is 0 Å². The zero-order valence-corrected chi connectivity index (χ0v) is 7.83. The van der Waals surface area contributed by atoms with Crippen LogP contribution in [0.3, 0.4) is 0 Å². The first-order valence-electron chi connectivity index (χ1n) is 4.01. The zero-order chi connectivity index (χ0) is 9.78. The molecule has 4 nitrogen and oxygen atoms in total. The molecule has 0 aliphatic carbocycles. The van der Waals surface area contributed by atoms with Crippen molar-refractivity contribution >= 4 is 5.97 Å². The van der Waals surface area contributed by atoms with Crippen LogP contribution in [0, 0.1) is 0 Å². The summed E-state index contributed by atoms with van der Waals surface area (Å²) in [5.74, 6) is -0.984. The summed E-state index contributed by atoms with van der Waals surface area (Å²) in [5.41, 5.74) is 4.90. The van der Waals surface area contributed by atoms with Gasteiger partial charge in [-0.3, -0.25) is 4.79 Å². The van der Waals surface area contributed by atoms with E-state index in [2.05, 4.69) is 0 Å². The Morgan fingerprint density at radius 2 is 2.17 bits per heavy atom. The lowest BCUT2D eigenvalue weighted by atomic mass is 9.99. The molecule has 0 rings (SSSR count). The maximum absolute atomic E-state index is 10.4. The van der Waals surface area contributed by atoms with Gasteiger partial charge < -0.3 is 15.6 Å². The molecule has 0 saturated heterocycles. The molecule has 0 bridgehead atoms. The number of hydrogen-bond acceptors (Lipinski definition) is 3. The van der Waals surface area contributed by atoms with Gasteiger partial charge in [-0.25, -0.2) is 0 Å². The number of carbonyl (C=O) groups is 1. The summed E-state index contributed by atoms with van der Waals surface area (Å²) < 4.78 is 5.31. The number of carboxylic acids is 1. The van der Waals surface area contributed by atoms with Gasteiger partial charge in [0.25, 0.3) is 0 Å². The van der Waals surface area contributed by atoms with Gasteiger partial charge in [0.1, 0.15) is 6.04 Å². The minimum Gasteiger partial charge on any atom is -0.480 e. The molecule has 72 valence electrons. The molecule has 0 unspecified atom stereocenters. The summed E-state index contributed by atoms with van der Waals surface area (Å²) in [5, 5.41) is 8.53. The van der Waals surface area contributed by atoms with E-state index >= 15 is 0 Å². The van der Waals surface area contributed by atoms with Crippen LogP contribution in [0.25, 0.3) is 0 Å². The van der Waals surface area contributed by atoms with Crippen molar-refractivity contribution in [2.45, 2.75) is 38.8 Å². The van der Waals surface area contributed by atoms with Crippen LogP contribution in [0.5, 0.6) is 0 Å². The molecule has 3 N–H and O–H groups in total. The molecule has 0 aromatic carbocycles. The molecule has 0 saturated carbocycles. The topological polar surface area (TPSA) is 72.5 Å². The average Bonchev–Trinajstić information content (AvgIpc) is 1.85. The maximum Gasteiger partial charge on any atom is 0.320 e. The fourth-order valence-corrected chi connectivity index (χ4v) is 1.07. The minimum absolute atomic E-state index is 0.330. The summed E-state index contributed by atoms with van der Waals surface area (Å²) in [6, 6.07) is -0.841. The van der Waals surface area contributed by atoms with Gasteiger partial charge in [0.05, 0.1) is 5.60 Å². The Bertz CT molecular complexity index is 156. The van der Waals surface area contributed by atoms with Crippen molar-refractivity contribution in [3.8, 4) is 0 Å². The molecule has 12 heavy (non-hydrogen) atoms. The van der Waals surface area contributed by atoms with Crippen LogP contribution >= 0.6 is 0 Å². The molecular weight excluding hydrogens is 158 g/mol. The molecule has 0 fully saturated rings. The quantitative estimate of drug-likeness (QED) is 0.642. The molecule has 0 radical (unpaired) electrons. The van der Waals surface area contributed by atoms with Crippen molar-refractivity contribution in [3.63, 3.8) is 0 Å². The van der Waals surface area contributed by atoms with E-state index in [0.29, 0.717) is 13.0 Å². The first-order chi connectivity index (χ1) is 5.39. The van der Waals surface area contributed by atoms with Gasteiger partial charge in [-0.2, -0.15) is 0 Å². The lowest BCUT2D eigenvalue weighted by Crippen LogP contribution is -2.39. The van der Waals surface area contributed by atoms with Crippen LogP contribution in [0.1, 0.15) is 27.2 Å². The van der Waals surface area contributed by atoms with Gasteiger partial charge in [0, 0.05) is 13.0 Å². The van der Waals surface area contributed by atoms with Crippen molar-refractivity contribution in [2.24, 2.45) is 5.73 Å². The molecule has 0 aliphatic heterocycles. The summed E-state index contributed by atoms with van der Waals surface area (Å²) in [4.78, 5) is 10.4. The van der Waals surface area contributed by atoms with Crippen molar-refractivity contribution in [1.82, 2.24) is 0 Å². The summed E-state index contributed by atoms with van der Waals surface area (Å²) in [6.07, 6.45) is 0.330. The third kappa shape index (κ3) is 4.31. The van der Waals surface area contributed by atoms with E-state index in [1.165, 1.54) is 0 Å². The number of carboxylic acid groups (broad SMARTS) is 1. The number of ether oxygens (including phenoxy) is 1. The van der Waals surface area contributed by atoms with Gasteiger partial charge in [-0.1, -0.05) is 0 Å². The lowest BCUT2D eigenvalue weighted by Gasteiger charge is -2.26. The first kappa shape index (κ1) is 11.4. The highest BCUT2D eigenvalue weighted by molar-refractivity contribution is 5.73. The molecule has 0 aromatic heterocycles. The van der Waals surface area contributed by atoms with Gasteiger partial charge in [-0.05, 0) is 20.8 Å². The Balaban J connectivity index is 3.95. The van der Waals surface area contributed by atoms with Crippen LogP contribution in [-0.4, -0.2) is 29.3 Å². The molecule has 4 heteroatoms. The highest BCUT2D eigenvalue weighted by Crippen LogP contribution is 2.15. The highest BCUT2D eigenvalue weighted by Gasteiger charge is 2.25.